The first-order valence-corrected chi connectivity index (χ1v) is 6.26. The van der Waals surface area contributed by atoms with Gasteiger partial charge >= 0.3 is 5.97 Å². The Hall–Kier alpha value is -1.91. The van der Waals surface area contributed by atoms with E-state index in [1.165, 1.54) is 0 Å². The fourth-order valence-corrected chi connectivity index (χ4v) is 2.31. The molecule has 0 bridgehead atoms. The quantitative estimate of drug-likeness (QED) is 0.765. The second-order valence-electron chi connectivity index (χ2n) is 4.59. The molecule has 0 saturated heterocycles. The molecule has 19 heavy (non-hydrogen) atoms. The van der Waals surface area contributed by atoms with Crippen LogP contribution in [-0.2, 0) is 4.79 Å². The van der Waals surface area contributed by atoms with Crippen LogP contribution in [0.15, 0.2) is 42.5 Å². The van der Waals surface area contributed by atoms with Crippen LogP contribution in [0.5, 0.6) is 0 Å². The first kappa shape index (κ1) is 13.5. The van der Waals surface area contributed by atoms with Gasteiger partial charge in [0.2, 0.25) is 0 Å². The minimum Gasteiger partial charge on any atom is -0.480 e. The van der Waals surface area contributed by atoms with Gasteiger partial charge in [0, 0.05) is 6.04 Å². The summed E-state index contributed by atoms with van der Waals surface area (Å²) in [5.74, 6) is -0.972. The molecule has 0 aliphatic carbocycles. The topological polar surface area (TPSA) is 75.3 Å². The van der Waals surface area contributed by atoms with Crippen molar-refractivity contribution >= 4 is 16.7 Å². The Bertz CT molecular complexity index is 578. The van der Waals surface area contributed by atoms with E-state index in [0.29, 0.717) is 6.42 Å². The lowest BCUT2D eigenvalue weighted by molar-refractivity contribution is -0.138. The third-order valence-electron chi connectivity index (χ3n) is 3.35. The largest absolute Gasteiger partial charge is 0.480 e. The lowest BCUT2D eigenvalue weighted by Gasteiger charge is -2.20. The van der Waals surface area contributed by atoms with Crippen LogP contribution in [0.4, 0.5) is 0 Å². The highest BCUT2D eigenvalue weighted by Gasteiger charge is 2.20. The number of carbonyl (C=O) groups is 1. The second kappa shape index (κ2) is 5.82. The van der Waals surface area contributed by atoms with Crippen LogP contribution in [0.3, 0.4) is 0 Å². The van der Waals surface area contributed by atoms with Crippen molar-refractivity contribution in [3.63, 3.8) is 0 Å². The van der Waals surface area contributed by atoms with Crippen LogP contribution in [0, 0.1) is 0 Å². The van der Waals surface area contributed by atoms with Gasteiger partial charge in [-0.25, -0.2) is 0 Å². The summed E-state index contributed by atoms with van der Waals surface area (Å²) in [6.07, 6.45) is 0.361. The van der Waals surface area contributed by atoms with Gasteiger partial charge in [-0.1, -0.05) is 42.5 Å². The normalized spacial score (nSPS) is 14.2. The molecule has 4 N–H and O–H groups in total. The van der Waals surface area contributed by atoms with Gasteiger partial charge in [-0.15, -0.1) is 0 Å². The summed E-state index contributed by atoms with van der Waals surface area (Å²) in [5.41, 5.74) is 6.72. The molecular weight excluding hydrogens is 240 g/mol. The summed E-state index contributed by atoms with van der Waals surface area (Å²) >= 11 is 0. The highest BCUT2D eigenvalue weighted by atomic mass is 16.4. The van der Waals surface area contributed by atoms with Gasteiger partial charge in [0.1, 0.15) is 6.04 Å². The number of nitrogens with two attached hydrogens (primary N) is 1. The van der Waals surface area contributed by atoms with Crippen LogP contribution in [0.2, 0.25) is 0 Å². The van der Waals surface area contributed by atoms with Crippen molar-refractivity contribution < 1.29 is 9.90 Å². The van der Waals surface area contributed by atoms with Crippen molar-refractivity contribution in [2.24, 2.45) is 5.73 Å². The van der Waals surface area contributed by atoms with E-state index in [-0.39, 0.29) is 6.04 Å². The number of benzene rings is 2. The fraction of sp³-hybridized carbons (Fsp3) is 0.267. The van der Waals surface area contributed by atoms with Crippen molar-refractivity contribution in [2.75, 3.05) is 7.05 Å². The molecule has 0 aromatic heterocycles. The summed E-state index contributed by atoms with van der Waals surface area (Å²) in [6, 6.07) is 13.2. The van der Waals surface area contributed by atoms with Gasteiger partial charge < -0.3 is 16.2 Å². The predicted molar refractivity (Wildman–Crippen MR) is 76.0 cm³/mol. The van der Waals surface area contributed by atoms with Crippen molar-refractivity contribution in [3.05, 3.63) is 48.0 Å². The van der Waals surface area contributed by atoms with Crippen LogP contribution in [-0.4, -0.2) is 24.2 Å². The van der Waals surface area contributed by atoms with Crippen LogP contribution >= 0.6 is 0 Å². The number of aliphatic carboxylic acids is 1. The molecule has 0 aliphatic heterocycles. The molecule has 0 heterocycles. The number of hydrogen-bond donors (Lipinski definition) is 3. The van der Waals surface area contributed by atoms with E-state index in [9.17, 15) is 4.79 Å². The zero-order valence-corrected chi connectivity index (χ0v) is 10.8. The van der Waals surface area contributed by atoms with Gasteiger partial charge in [-0.05, 0) is 29.8 Å². The summed E-state index contributed by atoms with van der Waals surface area (Å²) in [6.45, 7) is 0. The SMILES string of the molecule is CNC(CC(N)C(=O)O)c1cccc2ccccc12. The standard InChI is InChI=1S/C15H18N2O2/c1-17-14(9-13(16)15(18)19)12-8-4-6-10-5-2-3-7-11(10)12/h2-8,13-14,17H,9,16H2,1H3,(H,18,19). The number of nitrogens with one attached hydrogen (secondary N) is 1. The first-order chi connectivity index (χ1) is 9.13. The molecule has 2 unspecified atom stereocenters. The number of rotatable bonds is 5. The third-order valence-corrected chi connectivity index (χ3v) is 3.35. The molecule has 0 aliphatic rings. The summed E-state index contributed by atoms with van der Waals surface area (Å²) in [7, 11) is 1.82. The molecule has 2 atom stereocenters. The van der Waals surface area contributed by atoms with Gasteiger partial charge in [0.25, 0.3) is 0 Å². The minimum atomic E-state index is -0.972. The molecule has 2 aromatic carbocycles. The molecule has 0 saturated carbocycles. The Morgan fingerprint density at radius 1 is 1.26 bits per heavy atom. The van der Waals surface area contributed by atoms with Crippen molar-refractivity contribution in [1.82, 2.24) is 5.32 Å². The number of carboxylic acids is 1. The number of hydrogen-bond acceptors (Lipinski definition) is 3. The minimum absolute atomic E-state index is 0.0720. The van der Waals surface area contributed by atoms with E-state index in [1.807, 2.05) is 49.5 Å². The second-order valence-corrected chi connectivity index (χ2v) is 4.59. The summed E-state index contributed by atoms with van der Waals surface area (Å²) in [5, 5.41) is 14.4. The zero-order valence-electron chi connectivity index (χ0n) is 10.8. The van der Waals surface area contributed by atoms with Crippen LogP contribution < -0.4 is 11.1 Å². The molecule has 0 amide bonds. The Kier molecular flexibility index (Phi) is 4.14. The molecule has 100 valence electrons. The maximum absolute atomic E-state index is 10.9. The Balaban J connectivity index is 2.38. The van der Waals surface area contributed by atoms with Crippen molar-refractivity contribution in [3.8, 4) is 0 Å². The molecule has 0 radical (unpaired) electrons. The lowest BCUT2D eigenvalue weighted by Crippen LogP contribution is -2.34. The van der Waals surface area contributed by atoms with Crippen LogP contribution in [0.1, 0.15) is 18.0 Å². The Morgan fingerprint density at radius 2 is 1.95 bits per heavy atom. The number of fused-ring (bicyclic) bond motifs is 1. The molecule has 4 heteroatoms. The fourth-order valence-electron chi connectivity index (χ4n) is 2.31. The monoisotopic (exact) mass is 258 g/mol. The molecule has 2 rings (SSSR count). The number of carboxylic acid groups (broad SMARTS) is 1. The van der Waals surface area contributed by atoms with Gasteiger partial charge in [-0.2, -0.15) is 0 Å². The van der Waals surface area contributed by atoms with Gasteiger partial charge in [-0.3, -0.25) is 4.79 Å². The summed E-state index contributed by atoms with van der Waals surface area (Å²) < 4.78 is 0. The van der Waals surface area contributed by atoms with E-state index in [1.54, 1.807) is 0 Å². The molecule has 4 nitrogen and oxygen atoms in total. The smallest absolute Gasteiger partial charge is 0.320 e. The average molecular weight is 258 g/mol. The van der Waals surface area contributed by atoms with Crippen molar-refractivity contribution in [2.45, 2.75) is 18.5 Å². The van der Waals surface area contributed by atoms with Crippen LogP contribution in [0.25, 0.3) is 10.8 Å². The van der Waals surface area contributed by atoms with E-state index < -0.39 is 12.0 Å². The Labute approximate surface area is 112 Å². The molecule has 2 aromatic rings. The maximum atomic E-state index is 10.9. The zero-order chi connectivity index (χ0) is 13.8. The average Bonchev–Trinajstić information content (AvgIpc) is 2.44. The van der Waals surface area contributed by atoms with Gasteiger partial charge in [0.15, 0.2) is 0 Å². The van der Waals surface area contributed by atoms with E-state index in [4.69, 9.17) is 10.8 Å². The molecule has 0 fully saturated rings. The lowest BCUT2D eigenvalue weighted by atomic mass is 9.94. The van der Waals surface area contributed by atoms with Gasteiger partial charge in [0.05, 0.1) is 0 Å². The van der Waals surface area contributed by atoms with Crippen molar-refractivity contribution in [1.29, 1.82) is 0 Å². The maximum Gasteiger partial charge on any atom is 0.320 e. The van der Waals surface area contributed by atoms with E-state index >= 15 is 0 Å². The molecular formula is C15H18N2O2. The van der Waals surface area contributed by atoms with E-state index in [2.05, 4.69) is 5.32 Å². The third kappa shape index (κ3) is 2.92. The molecule has 0 spiro atoms. The predicted octanol–water partition coefficient (Wildman–Crippen LogP) is 1.90. The van der Waals surface area contributed by atoms with E-state index in [0.717, 1.165) is 16.3 Å². The Morgan fingerprint density at radius 3 is 2.63 bits per heavy atom. The first-order valence-electron chi connectivity index (χ1n) is 6.26. The highest BCUT2D eigenvalue weighted by Crippen LogP contribution is 2.26. The summed E-state index contributed by atoms with van der Waals surface area (Å²) in [4.78, 5) is 10.9. The highest BCUT2D eigenvalue weighted by molar-refractivity contribution is 5.86.